The van der Waals surface area contributed by atoms with E-state index in [1.807, 2.05) is 0 Å². The third-order valence-electron chi connectivity index (χ3n) is 0. The van der Waals surface area contributed by atoms with Crippen LogP contribution in [0.3, 0.4) is 0 Å². The van der Waals surface area contributed by atoms with Crippen LogP contribution >= 0.6 is 9.90 Å². The van der Waals surface area contributed by atoms with Gasteiger partial charge in [0.05, 0.1) is 0 Å². The van der Waals surface area contributed by atoms with Crippen molar-refractivity contribution in [2.24, 2.45) is 0 Å². The Morgan fingerprint density at radius 2 is 0.625 bits per heavy atom. The molecule has 0 unspecified atom stereocenters. The zero-order valence-corrected chi connectivity index (χ0v) is 20.9. The molecule has 0 saturated carbocycles. The zero-order valence-electron chi connectivity index (χ0n) is 4.36. The third-order valence-corrected chi connectivity index (χ3v) is 0. The van der Waals surface area contributed by atoms with Gasteiger partial charge >= 0.3 is 39.6 Å². The van der Waals surface area contributed by atoms with Crippen LogP contribution in [0.1, 0.15) is 0 Å². The van der Waals surface area contributed by atoms with E-state index in [4.69, 9.17) is 0 Å². The Kier molecular flexibility index (Phi) is 533. The Bertz CT molecular complexity index is 18.0. The first kappa shape index (κ1) is 74.1. The average molecular weight is 529 g/mol. The van der Waals surface area contributed by atoms with Crippen LogP contribution < -0.4 is 0 Å². The minimum Gasteiger partial charge on any atom is -3.00 e. The van der Waals surface area contributed by atoms with Crippen molar-refractivity contribution in [2.75, 3.05) is 0 Å². The van der Waals surface area contributed by atoms with E-state index in [-0.39, 0.29) is 154 Å². The molecule has 0 spiro atoms. The minimum atomic E-state index is 0. The van der Waals surface area contributed by atoms with Gasteiger partial charge in [-0.2, -0.15) is 0 Å². The molecule has 0 aliphatic carbocycles. The molecule has 0 bridgehead atoms. The Balaban J connectivity index is 0. The summed E-state index contributed by atoms with van der Waals surface area (Å²) >= 11 is 0. The van der Waals surface area contributed by atoms with Crippen LogP contribution in [-0.4, -0.2) is 144 Å². The van der Waals surface area contributed by atoms with Gasteiger partial charge in [0.15, 0.2) is 0 Å². The summed E-state index contributed by atoms with van der Waals surface area (Å²) in [4.78, 5) is 0. The minimum absolute atomic E-state index is 0. The maximum absolute atomic E-state index is 0. The molecule has 0 N–H and O–H groups in total. The van der Waals surface area contributed by atoms with Gasteiger partial charge in [-0.05, 0) is 0 Å². The summed E-state index contributed by atoms with van der Waals surface area (Å²) < 4.78 is 0. The fourth-order valence-corrected chi connectivity index (χ4v) is 0. The van der Waals surface area contributed by atoms with Crippen LogP contribution in [0.25, 0.3) is 0 Å². The van der Waals surface area contributed by atoms with Crippen molar-refractivity contribution >= 4 is 154 Å². The molecule has 0 heterocycles. The third kappa shape index (κ3) is 43.7. The van der Waals surface area contributed by atoms with E-state index in [0.717, 1.165) is 0 Å². The van der Waals surface area contributed by atoms with E-state index >= 15 is 0 Å². The van der Waals surface area contributed by atoms with Gasteiger partial charge in [-0.1, -0.05) is 0 Å². The maximum atomic E-state index is 0. The van der Waals surface area contributed by atoms with E-state index < -0.39 is 0 Å². The Morgan fingerprint density at radius 3 is 0.625 bits per heavy atom. The van der Waals surface area contributed by atoms with Gasteiger partial charge in [0.1, 0.15) is 0 Å². The van der Waals surface area contributed by atoms with Gasteiger partial charge < -0.3 is 27.9 Å². The first-order valence-electron chi connectivity index (χ1n) is 0. The Morgan fingerprint density at radius 1 is 0.625 bits per heavy atom. The zero-order chi connectivity index (χ0) is 0. The number of hydrogen-bond donors (Lipinski definition) is 0. The normalized spacial score (nSPS) is 0. The van der Waals surface area contributed by atoms with Gasteiger partial charge in [-0.15, -0.1) is 0 Å². The van der Waals surface area contributed by atoms with E-state index in [9.17, 15) is 0 Å². The molecular weight excluding hydrogens is 529 g/mol. The molecule has 0 aliphatic heterocycles. The van der Waals surface area contributed by atoms with Crippen LogP contribution in [0.4, 0.5) is 0 Å². The largest absolute Gasteiger partial charge is 3.00 e. The fourth-order valence-electron chi connectivity index (χ4n) is 0. The topological polar surface area (TPSA) is 0 Å². The van der Waals surface area contributed by atoms with Crippen molar-refractivity contribution < 1.29 is 0 Å². The Labute approximate surface area is 150 Å². The van der Waals surface area contributed by atoms with E-state index in [1.165, 1.54) is 0 Å². The first-order valence-corrected chi connectivity index (χ1v) is 0. The summed E-state index contributed by atoms with van der Waals surface area (Å²) in [6, 6.07) is 0. The van der Waals surface area contributed by atoms with Crippen molar-refractivity contribution in [3.05, 3.63) is 0 Å². The molecule has 0 atom stereocenters. The van der Waals surface area contributed by atoms with Gasteiger partial charge in [0.25, 0.3) is 0 Å². The molecule has 0 aliphatic rings. The molecule has 0 amide bonds. The van der Waals surface area contributed by atoms with Crippen molar-refractivity contribution in [3.63, 3.8) is 0 Å². The van der Waals surface area contributed by atoms with Gasteiger partial charge in [0.2, 0.25) is 0 Å². The second kappa shape index (κ2) is 57.6. The summed E-state index contributed by atoms with van der Waals surface area (Å²) in [6.45, 7) is 0. The first-order chi connectivity index (χ1) is 0. The molecule has 0 fully saturated rings. The summed E-state index contributed by atoms with van der Waals surface area (Å²) in [5.41, 5.74) is 0. The summed E-state index contributed by atoms with van der Waals surface area (Å²) in [6.07, 6.45) is 0. The summed E-state index contributed by atoms with van der Waals surface area (Å²) in [5.74, 6) is 0. The van der Waals surface area contributed by atoms with Gasteiger partial charge in [0, 0.05) is 86.4 Å². The smallest absolute Gasteiger partial charge is 3.00 e. The average Bonchev–Trinajstić information content (AvgIpc) is 0. The molecule has 0 aromatic rings. The van der Waals surface area contributed by atoms with Crippen LogP contribution in [-0.2, 0) is 0 Å². The fraction of sp³-hybridized carbons (Fsp3) is 0. The monoisotopic (exact) mass is 528 g/mol. The van der Waals surface area contributed by atoms with Crippen molar-refractivity contribution in [2.45, 2.75) is 0 Å². The van der Waals surface area contributed by atoms with Crippen molar-refractivity contribution in [1.82, 2.24) is 0 Å². The van der Waals surface area contributed by atoms with E-state index in [2.05, 4.69) is 0 Å². The number of rotatable bonds is 0. The second-order valence-corrected chi connectivity index (χ2v) is 0. The molecule has 0 aromatic heterocycles. The predicted octanol–water partition coefficient (Wildman–Crippen LogP) is -1.80. The molecule has 0 saturated heterocycles. The molecule has 12 radical (unpaired) electrons. The van der Waals surface area contributed by atoms with Crippen molar-refractivity contribution in [1.29, 1.82) is 0 Å². The van der Waals surface area contributed by atoms with Crippen molar-refractivity contribution in [3.8, 4) is 0 Å². The number of hydrogen-bond acceptors (Lipinski definition) is 0. The van der Waals surface area contributed by atoms with Crippen LogP contribution in [0.5, 0.6) is 0 Å². The van der Waals surface area contributed by atoms with E-state index in [1.54, 1.807) is 0 Å². The molecule has 0 aromatic carbocycles. The van der Waals surface area contributed by atoms with Gasteiger partial charge in [-0.3, -0.25) is 0 Å². The molecule has 8 heavy (non-hydrogen) atoms. The summed E-state index contributed by atoms with van der Waals surface area (Å²) in [5, 5.41) is 0. The molecular formula is Al2AsGa2In2P. The molecule has 0 nitrogen and oxygen atoms in total. The maximum Gasteiger partial charge on any atom is 3.00 e. The predicted molar refractivity (Wildman–Crippen MR) is 47.2 cm³/mol. The van der Waals surface area contributed by atoms with Crippen LogP contribution in [0, 0.1) is 0 Å². The second-order valence-electron chi connectivity index (χ2n) is 0. The molecule has 0 rings (SSSR count). The van der Waals surface area contributed by atoms with E-state index in [0.29, 0.717) is 0 Å². The van der Waals surface area contributed by atoms with Crippen LogP contribution in [0.15, 0.2) is 0 Å². The van der Waals surface area contributed by atoms with Crippen LogP contribution in [0.2, 0.25) is 0 Å². The molecule has 28 valence electrons. The summed E-state index contributed by atoms with van der Waals surface area (Å²) in [7, 11) is 0. The standard InChI is InChI=1S/2Al.As.2Ga.2In.P/q;;-3;2*+3;;;-3. The SMILES string of the molecule is [Al].[Al].[As-3].[Ga+3].[Ga+3].[In].[In].[P-3]. The Hall–Kier alpha value is 5.07. The molecule has 8 heteroatoms. The quantitative estimate of drug-likeness (QED) is 0.257. The van der Waals surface area contributed by atoms with Gasteiger partial charge in [-0.25, -0.2) is 0 Å².